The van der Waals surface area contributed by atoms with Crippen molar-refractivity contribution in [3.63, 3.8) is 0 Å². The molecule has 2 aromatic carbocycles. The van der Waals surface area contributed by atoms with Crippen LogP contribution in [0.15, 0.2) is 67.0 Å². The van der Waals surface area contributed by atoms with E-state index in [9.17, 15) is 9.59 Å². The van der Waals surface area contributed by atoms with Crippen molar-refractivity contribution < 1.29 is 9.59 Å². The maximum atomic E-state index is 12.5. The minimum absolute atomic E-state index is 0.281. The molecular weight excluding hydrogens is 342 g/mol. The molecule has 0 spiro atoms. The van der Waals surface area contributed by atoms with Gasteiger partial charge in [-0.2, -0.15) is 5.10 Å². The van der Waals surface area contributed by atoms with E-state index in [1.54, 1.807) is 30.6 Å². The monoisotopic (exact) mass is 357 g/mol. The Morgan fingerprint density at radius 3 is 2.48 bits per heavy atom. The van der Waals surface area contributed by atoms with Crippen LogP contribution in [0, 0.1) is 0 Å². The van der Waals surface area contributed by atoms with Gasteiger partial charge < -0.3 is 11.1 Å². The van der Waals surface area contributed by atoms with Gasteiger partial charge in [0, 0.05) is 40.2 Å². The molecule has 4 aromatic rings. The second-order valence-corrected chi connectivity index (χ2v) is 5.97. The molecule has 0 fully saturated rings. The van der Waals surface area contributed by atoms with Crippen LogP contribution in [0.2, 0.25) is 0 Å². The Labute approximate surface area is 154 Å². The maximum Gasteiger partial charge on any atom is 0.255 e. The van der Waals surface area contributed by atoms with Crippen LogP contribution in [0.25, 0.3) is 22.2 Å². The maximum absolute atomic E-state index is 12.5. The SMILES string of the molecule is NC(=O)c1ccc(C(=O)Nc2ccc3[nH]nc(-c4cccnc4)c3c2)cc1. The average molecular weight is 357 g/mol. The van der Waals surface area contributed by atoms with Gasteiger partial charge in [-0.1, -0.05) is 0 Å². The second-order valence-electron chi connectivity index (χ2n) is 5.97. The topological polar surface area (TPSA) is 114 Å². The zero-order valence-electron chi connectivity index (χ0n) is 14.1. The summed E-state index contributed by atoms with van der Waals surface area (Å²) in [7, 11) is 0. The molecule has 0 saturated carbocycles. The number of carbonyl (C=O) groups excluding carboxylic acids is 2. The Balaban J connectivity index is 1.62. The van der Waals surface area contributed by atoms with Gasteiger partial charge in [-0.3, -0.25) is 19.7 Å². The number of primary amides is 1. The second kappa shape index (κ2) is 6.72. The lowest BCUT2D eigenvalue weighted by Crippen LogP contribution is -2.14. The molecule has 0 atom stereocenters. The molecule has 0 radical (unpaired) electrons. The molecule has 27 heavy (non-hydrogen) atoms. The Morgan fingerprint density at radius 2 is 1.78 bits per heavy atom. The Morgan fingerprint density at radius 1 is 1.00 bits per heavy atom. The predicted molar refractivity (Wildman–Crippen MR) is 102 cm³/mol. The number of nitrogens with one attached hydrogen (secondary N) is 2. The molecule has 0 aliphatic heterocycles. The molecule has 2 amide bonds. The minimum Gasteiger partial charge on any atom is -0.366 e. The molecule has 0 bridgehead atoms. The number of rotatable bonds is 4. The number of carbonyl (C=O) groups is 2. The Kier molecular flexibility index (Phi) is 4.10. The number of aromatic amines is 1. The summed E-state index contributed by atoms with van der Waals surface area (Å²) in [6.45, 7) is 0. The summed E-state index contributed by atoms with van der Waals surface area (Å²) in [6.07, 6.45) is 3.44. The number of amides is 2. The number of benzene rings is 2. The zero-order valence-corrected chi connectivity index (χ0v) is 14.1. The van der Waals surface area contributed by atoms with Crippen LogP contribution in [0.4, 0.5) is 5.69 Å². The fourth-order valence-corrected chi connectivity index (χ4v) is 2.80. The van der Waals surface area contributed by atoms with E-state index in [1.807, 2.05) is 24.3 Å². The van der Waals surface area contributed by atoms with Gasteiger partial charge in [-0.15, -0.1) is 0 Å². The van der Waals surface area contributed by atoms with Gasteiger partial charge in [0.1, 0.15) is 5.69 Å². The van der Waals surface area contributed by atoms with Crippen molar-refractivity contribution in [2.45, 2.75) is 0 Å². The minimum atomic E-state index is -0.532. The van der Waals surface area contributed by atoms with E-state index >= 15 is 0 Å². The molecule has 132 valence electrons. The Hall–Kier alpha value is -4.00. The number of nitrogens with two attached hydrogens (primary N) is 1. The molecule has 0 saturated heterocycles. The molecule has 7 nitrogen and oxygen atoms in total. The first-order valence-corrected chi connectivity index (χ1v) is 8.21. The molecule has 0 unspecified atom stereocenters. The summed E-state index contributed by atoms with van der Waals surface area (Å²) in [5.74, 6) is -0.813. The Bertz CT molecular complexity index is 1130. The zero-order chi connectivity index (χ0) is 18.8. The van der Waals surface area contributed by atoms with Crippen LogP contribution in [-0.4, -0.2) is 27.0 Å². The van der Waals surface area contributed by atoms with Gasteiger partial charge in [0.2, 0.25) is 5.91 Å². The number of hydrogen-bond donors (Lipinski definition) is 3. The molecule has 4 N–H and O–H groups in total. The molecular formula is C20H15N5O2. The number of nitrogens with zero attached hydrogens (tertiary/aromatic N) is 2. The number of pyridine rings is 1. The van der Waals surface area contributed by atoms with Crippen LogP contribution in [0.5, 0.6) is 0 Å². The van der Waals surface area contributed by atoms with Crippen molar-refractivity contribution in [3.05, 3.63) is 78.1 Å². The summed E-state index contributed by atoms with van der Waals surface area (Å²) < 4.78 is 0. The first kappa shape index (κ1) is 16.5. The van der Waals surface area contributed by atoms with Crippen LogP contribution in [-0.2, 0) is 0 Å². The van der Waals surface area contributed by atoms with Gasteiger partial charge in [-0.05, 0) is 54.6 Å². The highest BCUT2D eigenvalue weighted by molar-refractivity contribution is 6.06. The van der Waals surface area contributed by atoms with Crippen LogP contribution >= 0.6 is 0 Å². The number of H-pyrrole nitrogens is 1. The van der Waals surface area contributed by atoms with Crippen molar-refractivity contribution in [2.75, 3.05) is 5.32 Å². The van der Waals surface area contributed by atoms with E-state index < -0.39 is 5.91 Å². The fourth-order valence-electron chi connectivity index (χ4n) is 2.80. The fraction of sp³-hybridized carbons (Fsp3) is 0. The molecule has 7 heteroatoms. The third kappa shape index (κ3) is 3.25. The average Bonchev–Trinajstić information content (AvgIpc) is 3.12. The first-order valence-electron chi connectivity index (χ1n) is 8.21. The lowest BCUT2D eigenvalue weighted by molar-refractivity contribution is 0.0995. The summed E-state index contributed by atoms with van der Waals surface area (Å²) in [5, 5.41) is 11.1. The quantitative estimate of drug-likeness (QED) is 0.521. The van der Waals surface area contributed by atoms with Crippen molar-refractivity contribution in [3.8, 4) is 11.3 Å². The number of fused-ring (bicyclic) bond motifs is 1. The molecule has 0 aliphatic rings. The van der Waals surface area contributed by atoms with E-state index in [4.69, 9.17) is 5.73 Å². The van der Waals surface area contributed by atoms with Crippen molar-refractivity contribution in [2.24, 2.45) is 5.73 Å². The predicted octanol–water partition coefficient (Wildman–Crippen LogP) is 2.98. The number of hydrogen-bond acceptors (Lipinski definition) is 4. The van der Waals surface area contributed by atoms with E-state index in [2.05, 4.69) is 20.5 Å². The molecule has 2 heterocycles. The van der Waals surface area contributed by atoms with Crippen LogP contribution < -0.4 is 11.1 Å². The lowest BCUT2D eigenvalue weighted by Gasteiger charge is -2.06. The van der Waals surface area contributed by atoms with E-state index in [0.717, 1.165) is 22.2 Å². The summed E-state index contributed by atoms with van der Waals surface area (Å²) in [5.41, 5.74) is 9.14. The normalized spacial score (nSPS) is 10.7. The smallest absolute Gasteiger partial charge is 0.255 e. The van der Waals surface area contributed by atoms with E-state index in [0.29, 0.717) is 16.8 Å². The summed E-state index contributed by atoms with van der Waals surface area (Å²) in [6, 6.07) is 15.5. The van der Waals surface area contributed by atoms with Crippen molar-refractivity contribution >= 4 is 28.4 Å². The largest absolute Gasteiger partial charge is 0.366 e. The summed E-state index contributed by atoms with van der Waals surface area (Å²) in [4.78, 5) is 27.7. The highest BCUT2D eigenvalue weighted by Crippen LogP contribution is 2.28. The third-order valence-corrected chi connectivity index (χ3v) is 4.19. The standard InChI is InChI=1S/C20H15N5O2/c21-19(26)12-3-5-13(6-4-12)20(27)23-15-7-8-17-16(10-15)18(25-24-17)14-2-1-9-22-11-14/h1-11H,(H2,21,26)(H,23,27)(H,24,25). The van der Waals surface area contributed by atoms with E-state index in [1.165, 1.54) is 12.1 Å². The van der Waals surface area contributed by atoms with Gasteiger partial charge >= 0.3 is 0 Å². The first-order chi connectivity index (χ1) is 13.1. The third-order valence-electron chi connectivity index (χ3n) is 4.19. The molecule has 4 rings (SSSR count). The van der Waals surface area contributed by atoms with Crippen molar-refractivity contribution in [1.29, 1.82) is 0 Å². The van der Waals surface area contributed by atoms with Crippen LogP contribution in [0.3, 0.4) is 0 Å². The lowest BCUT2D eigenvalue weighted by atomic mass is 10.1. The number of anilines is 1. The van der Waals surface area contributed by atoms with Crippen molar-refractivity contribution in [1.82, 2.24) is 15.2 Å². The van der Waals surface area contributed by atoms with Crippen LogP contribution in [0.1, 0.15) is 20.7 Å². The van der Waals surface area contributed by atoms with Gasteiger partial charge in [0.15, 0.2) is 0 Å². The van der Waals surface area contributed by atoms with E-state index in [-0.39, 0.29) is 5.91 Å². The number of aromatic nitrogens is 3. The molecule has 2 aromatic heterocycles. The summed E-state index contributed by atoms with van der Waals surface area (Å²) >= 11 is 0. The van der Waals surface area contributed by atoms with Gasteiger partial charge in [0.05, 0.1) is 5.52 Å². The van der Waals surface area contributed by atoms with Gasteiger partial charge in [0.25, 0.3) is 5.91 Å². The highest BCUT2D eigenvalue weighted by Gasteiger charge is 2.11. The molecule has 0 aliphatic carbocycles. The van der Waals surface area contributed by atoms with Gasteiger partial charge in [-0.25, -0.2) is 0 Å². The highest BCUT2D eigenvalue weighted by atomic mass is 16.2.